The number of fused-ring (bicyclic) bond motifs is 2. The van der Waals surface area contributed by atoms with Crippen LogP contribution in [0.15, 0.2) is 59.3 Å². The highest BCUT2D eigenvalue weighted by molar-refractivity contribution is 6.07. The summed E-state index contributed by atoms with van der Waals surface area (Å²) in [6, 6.07) is 18.2. The number of aliphatic imine (C=N–C) groups is 1. The Balaban J connectivity index is 1.34. The van der Waals surface area contributed by atoms with Crippen LogP contribution in [0, 0.1) is 0 Å². The fraction of sp³-hybridized carbons (Fsp3) is 0.541. The number of hydrogen-bond donors (Lipinski definition) is 0. The molecule has 246 valence electrons. The van der Waals surface area contributed by atoms with E-state index in [2.05, 4.69) is 122 Å². The molecule has 3 aromatic rings. The van der Waals surface area contributed by atoms with Gasteiger partial charge in [0.2, 0.25) is 5.96 Å². The quantitative estimate of drug-likeness (QED) is 0.249. The van der Waals surface area contributed by atoms with Gasteiger partial charge in [-0.05, 0) is 74.2 Å². The molecule has 0 saturated carbocycles. The molecule has 3 aromatic carbocycles. The summed E-state index contributed by atoms with van der Waals surface area (Å²) in [6.45, 7) is 17.0. The van der Waals surface area contributed by atoms with Crippen molar-refractivity contribution in [2.45, 2.75) is 0 Å². The summed E-state index contributed by atoms with van der Waals surface area (Å²) in [6.07, 6.45) is 2.49. The normalized spacial score (nSPS) is 21.3. The maximum Gasteiger partial charge on any atom is 0.202 e. The van der Waals surface area contributed by atoms with E-state index in [4.69, 9.17) is 4.99 Å². The van der Waals surface area contributed by atoms with Crippen molar-refractivity contribution in [1.82, 2.24) is 39.2 Å². The van der Waals surface area contributed by atoms with Crippen LogP contribution in [0.1, 0.15) is 5.56 Å². The van der Waals surface area contributed by atoms with Crippen molar-refractivity contribution in [2.75, 3.05) is 133 Å². The predicted octanol–water partition coefficient (Wildman–Crippen LogP) is 3.27. The van der Waals surface area contributed by atoms with E-state index in [0.717, 1.165) is 116 Å². The van der Waals surface area contributed by atoms with Crippen molar-refractivity contribution in [3.63, 3.8) is 0 Å². The van der Waals surface area contributed by atoms with Gasteiger partial charge in [-0.3, -0.25) is 0 Å². The van der Waals surface area contributed by atoms with Crippen LogP contribution in [-0.4, -0.2) is 178 Å². The SMILES string of the molecule is CN1CCN(C(=Cc2ccc(N=C(N3CCN(C)CC3)N3CCN(C)CC3)c3cc4ccccc4cc23)N2CCN(C)CC2)CC1. The van der Waals surface area contributed by atoms with E-state index in [1.54, 1.807) is 0 Å². The number of guanidine groups is 1. The molecule has 4 aliphatic rings. The summed E-state index contributed by atoms with van der Waals surface area (Å²) < 4.78 is 0. The lowest BCUT2D eigenvalue weighted by molar-refractivity contribution is 0.110. The molecule has 0 aromatic heterocycles. The van der Waals surface area contributed by atoms with E-state index in [1.807, 2.05) is 0 Å². The molecule has 9 nitrogen and oxygen atoms in total. The van der Waals surface area contributed by atoms with Crippen LogP contribution in [-0.2, 0) is 0 Å². The molecule has 0 unspecified atom stereocenters. The van der Waals surface area contributed by atoms with Gasteiger partial charge in [-0.15, -0.1) is 0 Å². The maximum absolute atomic E-state index is 5.59. The average Bonchev–Trinajstić information content (AvgIpc) is 3.08. The Labute approximate surface area is 275 Å². The first kappa shape index (κ1) is 31.2. The van der Waals surface area contributed by atoms with Crippen LogP contribution in [0.3, 0.4) is 0 Å². The van der Waals surface area contributed by atoms with Crippen LogP contribution in [0.5, 0.6) is 0 Å². The molecule has 4 aliphatic heterocycles. The van der Waals surface area contributed by atoms with Crippen molar-refractivity contribution in [3.8, 4) is 0 Å². The third-order valence-corrected chi connectivity index (χ3v) is 10.6. The molecule has 0 spiro atoms. The molecule has 9 heteroatoms. The highest BCUT2D eigenvalue weighted by atomic mass is 15.4. The molecular weight excluding hydrogens is 570 g/mol. The molecule has 0 atom stereocenters. The fourth-order valence-electron chi connectivity index (χ4n) is 7.32. The minimum Gasteiger partial charge on any atom is -0.356 e. The van der Waals surface area contributed by atoms with E-state index < -0.39 is 0 Å². The summed E-state index contributed by atoms with van der Waals surface area (Å²) >= 11 is 0. The smallest absolute Gasteiger partial charge is 0.202 e. The van der Waals surface area contributed by atoms with Gasteiger partial charge in [0.25, 0.3) is 0 Å². The number of benzene rings is 3. The first-order valence-corrected chi connectivity index (χ1v) is 17.4. The first-order valence-electron chi connectivity index (χ1n) is 17.4. The van der Waals surface area contributed by atoms with Crippen molar-refractivity contribution < 1.29 is 0 Å². The first-order chi connectivity index (χ1) is 22.4. The van der Waals surface area contributed by atoms with Crippen LogP contribution in [0.2, 0.25) is 0 Å². The molecule has 4 fully saturated rings. The third kappa shape index (κ3) is 6.83. The predicted molar refractivity (Wildman–Crippen MR) is 193 cm³/mol. The highest BCUT2D eigenvalue weighted by Crippen LogP contribution is 2.35. The number of rotatable bonds is 4. The minimum atomic E-state index is 1.02. The summed E-state index contributed by atoms with van der Waals surface area (Å²) in [7, 11) is 8.95. The second-order valence-corrected chi connectivity index (χ2v) is 14.0. The molecule has 0 radical (unpaired) electrons. The molecule has 0 aliphatic carbocycles. The average molecular weight is 624 g/mol. The van der Waals surface area contributed by atoms with E-state index in [9.17, 15) is 0 Å². The van der Waals surface area contributed by atoms with E-state index in [1.165, 1.54) is 32.9 Å². The largest absolute Gasteiger partial charge is 0.356 e. The standard InChI is InChI=1S/C37H53N9/c1-39-11-19-43(20-12-39)36(44-21-13-40(2)14-22-44)29-32-9-10-35(34-28-31-8-6-5-7-30(31)27-33(32)34)38-37(45-23-15-41(3)16-24-45)46-25-17-42(4)18-26-46/h5-10,27-29H,11-26H2,1-4H3. The molecule has 0 N–H and O–H groups in total. The van der Waals surface area contributed by atoms with Gasteiger partial charge in [-0.25, -0.2) is 4.99 Å². The van der Waals surface area contributed by atoms with Crippen LogP contribution in [0.4, 0.5) is 5.69 Å². The Kier molecular flexibility index (Phi) is 9.36. The lowest BCUT2D eigenvalue weighted by atomic mass is 9.98. The lowest BCUT2D eigenvalue weighted by Gasteiger charge is -2.43. The van der Waals surface area contributed by atoms with E-state index in [0.29, 0.717) is 0 Å². The third-order valence-electron chi connectivity index (χ3n) is 10.6. The lowest BCUT2D eigenvalue weighted by Crippen LogP contribution is -2.56. The Morgan fingerprint density at radius 3 is 1.37 bits per heavy atom. The molecule has 4 saturated heterocycles. The van der Waals surface area contributed by atoms with Gasteiger partial charge in [-0.1, -0.05) is 30.3 Å². The van der Waals surface area contributed by atoms with Crippen LogP contribution in [0.25, 0.3) is 27.6 Å². The topological polar surface area (TPSA) is 38.3 Å². The molecule has 46 heavy (non-hydrogen) atoms. The summed E-state index contributed by atoms with van der Waals surface area (Å²) in [5.41, 5.74) is 2.36. The van der Waals surface area contributed by atoms with Gasteiger partial charge in [0.1, 0.15) is 5.82 Å². The molecule has 4 heterocycles. The van der Waals surface area contributed by atoms with Gasteiger partial charge < -0.3 is 39.2 Å². The van der Waals surface area contributed by atoms with Crippen molar-refractivity contribution >= 4 is 39.3 Å². The fourth-order valence-corrected chi connectivity index (χ4v) is 7.32. The van der Waals surface area contributed by atoms with E-state index in [-0.39, 0.29) is 0 Å². The van der Waals surface area contributed by atoms with Gasteiger partial charge >= 0.3 is 0 Å². The highest BCUT2D eigenvalue weighted by Gasteiger charge is 2.27. The number of likely N-dealkylation sites (N-methyl/N-ethyl adjacent to an activating group) is 4. The zero-order valence-corrected chi connectivity index (χ0v) is 28.5. The number of nitrogens with zero attached hydrogens (tertiary/aromatic N) is 9. The summed E-state index contributed by atoms with van der Waals surface area (Å²) in [4.78, 5) is 25.7. The second-order valence-electron chi connectivity index (χ2n) is 14.0. The maximum atomic E-state index is 5.59. The number of piperazine rings is 4. The van der Waals surface area contributed by atoms with Crippen LogP contribution < -0.4 is 0 Å². The minimum absolute atomic E-state index is 1.02. The Morgan fingerprint density at radius 2 is 0.913 bits per heavy atom. The zero-order chi connectivity index (χ0) is 31.6. The Morgan fingerprint density at radius 1 is 0.500 bits per heavy atom. The molecule has 0 bridgehead atoms. The van der Waals surface area contributed by atoms with Crippen molar-refractivity contribution in [3.05, 3.63) is 59.9 Å². The summed E-state index contributed by atoms with van der Waals surface area (Å²) in [5.74, 6) is 2.52. The van der Waals surface area contributed by atoms with Crippen molar-refractivity contribution in [1.29, 1.82) is 0 Å². The molecule has 7 rings (SSSR count). The van der Waals surface area contributed by atoms with Crippen LogP contribution >= 0.6 is 0 Å². The van der Waals surface area contributed by atoms with Gasteiger partial charge in [0.05, 0.1) is 5.69 Å². The Bertz CT molecular complexity index is 1390. The number of hydrogen-bond acceptors (Lipinski definition) is 7. The summed E-state index contributed by atoms with van der Waals surface area (Å²) in [5, 5.41) is 5.08. The van der Waals surface area contributed by atoms with Crippen molar-refractivity contribution in [2.24, 2.45) is 4.99 Å². The Hall–Kier alpha value is -3.37. The molecular formula is C37H53N9. The molecule has 0 amide bonds. The van der Waals surface area contributed by atoms with Gasteiger partial charge in [0, 0.05) is 110 Å². The second kappa shape index (κ2) is 13.8. The van der Waals surface area contributed by atoms with Gasteiger partial charge in [0.15, 0.2) is 0 Å². The van der Waals surface area contributed by atoms with Gasteiger partial charge in [-0.2, -0.15) is 0 Å². The monoisotopic (exact) mass is 623 g/mol. The van der Waals surface area contributed by atoms with E-state index >= 15 is 0 Å². The zero-order valence-electron chi connectivity index (χ0n) is 28.5.